The lowest BCUT2D eigenvalue weighted by atomic mass is 10.0. The van der Waals surface area contributed by atoms with Crippen LogP contribution in [-0.4, -0.2) is 10.9 Å². The summed E-state index contributed by atoms with van der Waals surface area (Å²) in [6.45, 7) is 3.89. The van der Waals surface area contributed by atoms with Crippen molar-refractivity contribution in [1.82, 2.24) is 5.16 Å². The van der Waals surface area contributed by atoms with Crippen molar-refractivity contribution in [2.75, 3.05) is 0 Å². The summed E-state index contributed by atoms with van der Waals surface area (Å²) in [7, 11) is 0. The van der Waals surface area contributed by atoms with Crippen LogP contribution in [0.25, 0.3) is 0 Å². The molecule has 0 saturated carbocycles. The third-order valence-corrected chi connectivity index (χ3v) is 2.93. The van der Waals surface area contributed by atoms with Crippen LogP contribution in [0.3, 0.4) is 0 Å². The summed E-state index contributed by atoms with van der Waals surface area (Å²) in [5, 5.41) is 3.97. The standard InChI is InChI=1S/C13H12N2O/c1-8-13(9(2)16-15-8)12-7-10-5-3-4-6-11(10)14-12/h3-6H,7H2,1-2H3. The highest BCUT2D eigenvalue weighted by Gasteiger charge is 2.21. The van der Waals surface area contributed by atoms with E-state index in [4.69, 9.17) is 4.52 Å². The van der Waals surface area contributed by atoms with Gasteiger partial charge in [0.1, 0.15) is 5.76 Å². The Kier molecular flexibility index (Phi) is 1.93. The molecule has 0 amide bonds. The summed E-state index contributed by atoms with van der Waals surface area (Å²) in [5.41, 5.74) is 5.40. The molecule has 0 N–H and O–H groups in total. The maximum atomic E-state index is 5.18. The number of aromatic nitrogens is 1. The van der Waals surface area contributed by atoms with E-state index in [0.29, 0.717) is 0 Å². The Morgan fingerprint density at radius 3 is 2.69 bits per heavy atom. The van der Waals surface area contributed by atoms with Gasteiger partial charge in [-0.1, -0.05) is 23.4 Å². The van der Waals surface area contributed by atoms with Gasteiger partial charge in [-0.3, -0.25) is 4.99 Å². The highest BCUT2D eigenvalue weighted by atomic mass is 16.5. The first-order valence-corrected chi connectivity index (χ1v) is 5.34. The molecule has 0 aliphatic carbocycles. The van der Waals surface area contributed by atoms with Crippen molar-refractivity contribution < 1.29 is 4.52 Å². The second-order valence-electron chi connectivity index (χ2n) is 4.06. The monoisotopic (exact) mass is 212 g/mol. The van der Waals surface area contributed by atoms with Crippen LogP contribution in [-0.2, 0) is 6.42 Å². The molecule has 1 aromatic carbocycles. The number of nitrogens with zero attached hydrogens (tertiary/aromatic N) is 2. The van der Waals surface area contributed by atoms with E-state index in [1.54, 1.807) is 0 Å². The summed E-state index contributed by atoms with van der Waals surface area (Å²) in [4.78, 5) is 4.63. The number of rotatable bonds is 1. The van der Waals surface area contributed by atoms with E-state index < -0.39 is 0 Å². The molecular formula is C13H12N2O. The molecule has 1 aromatic heterocycles. The van der Waals surface area contributed by atoms with Crippen molar-refractivity contribution in [3.8, 4) is 0 Å². The van der Waals surface area contributed by atoms with Crippen LogP contribution >= 0.6 is 0 Å². The Hall–Kier alpha value is -1.90. The molecule has 16 heavy (non-hydrogen) atoms. The number of aryl methyl sites for hydroxylation is 2. The summed E-state index contributed by atoms with van der Waals surface area (Å²) in [6.07, 6.45) is 0.874. The molecule has 0 fully saturated rings. The maximum Gasteiger partial charge on any atom is 0.142 e. The minimum Gasteiger partial charge on any atom is -0.361 e. The normalized spacial score (nSPS) is 13.8. The Morgan fingerprint density at radius 1 is 1.19 bits per heavy atom. The predicted octanol–water partition coefficient (Wildman–Crippen LogP) is 2.97. The van der Waals surface area contributed by atoms with Crippen LogP contribution in [0.4, 0.5) is 5.69 Å². The second-order valence-corrected chi connectivity index (χ2v) is 4.06. The largest absolute Gasteiger partial charge is 0.361 e. The quantitative estimate of drug-likeness (QED) is 0.728. The van der Waals surface area contributed by atoms with Crippen LogP contribution in [0.2, 0.25) is 0 Å². The lowest BCUT2D eigenvalue weighted by Gasteiger charge is -1.97. The van der Waals surface area contributed by atoms with Gasteiger partial charge in [0.15, 0.2) is 0 Å². The average molecular weight is 212 g/mol. The smallest absolute Gasteiger partial charge is 0.142 e. The van der Waals surface area contributed by atoms with E-state index in [9.17, 15) is 0 Å². The molecule has 0 radical (unpaired) electrons. The molecular weight excluding hydrogens is 200 g/mol. The van der Waals surface area contributed by atoms with Gasteiger partial charge in [0.25, 0.3) is 0 Å². The lowest BCUT2D eigenvalue weighted by Crippen LogP contribution is -2.02. The zero-order chi connectivity index (χ0) is 11.1. The van der Waals surface area contributed by atoms with Crippen molar-refractivity contribution in [2.45, 2.75) is 20.3 Å². The molecule has 0 atom stereocenters. The Balaban J connectivity index is 2.08. The van der Waals surface area contributed by atoms with Crippen molar-refractivity contribution in [3.05, 3.63) is 46.8 Å². The van der Waals surface area contributed by atoms with E-state index in [-0.39, 0.29) is 0 Å². The van der Waals surface area contributed by atoms with Crippen molar-refractivity contribution in [2.24, 2.45) is 4.99 Å². The van der Waals surface area contributed by atoms with Gasteiger partial charge in [-0.25, -0.2) is 0 Å². The van der Waals surface area contributed by atoms with Gasteiger partial charge in [-0.05, 0) is 25.5 Å². The van der Waals surface area contributed by atoms with Crippen LogP contribution in [0.5, 0.6) is 0 Å². The van der Waals surface area contributed by atoms with E-state index in [1.807, 2.05) is 32.0 Å². The molecule has 0 unspecified atom stereocenters. The van der Waals surface area contributed by atoms with Crippen molar-refractivity contribution >= 4 is 11.4 Å². The fraction of sp³-hybridized carbons (Fsp3) is 0.231. The predicted molar refractivity (Wildman–Crippen MR) is 62.3 cm³/mol. The van der Waals surface area contributed by atoms with E-state index in [2.05, 4.69) is 16.2 Å². The SMILES string of the molecule is Cc1noc(C)c1C1=Nc2ccccc2C1. The van der Waals surface area contributed by atoms with Gasteiger partial charge < -0.3 is 4.52 Å². The van der Waals surface area contributed by atoms with Crippen LogP contribution < -0.4 is 0 Å². The van der Waals surface area contributed by atoms with Gasteiger partial charge in [0.2, 0.25) is 0 Å². The van der Waals surface area contributed by atoms with Gasteiger partial charge in [-0.15, -0.1) is 0 Å². The van der Waals surface area contributed by atoms with Gasteiger partial charge in [-0.2, -0.15) is 0 Å². The number of para-hydroxylation sites is 1. The fourth-order valence-corrected chi connectivity index (χ4v) is 2.17. The first kappa shape index (κ1) is 9.33. The molecule has 3 rings (SSSR count). The lowest BCUT2D eigenvalue weighted by molar-refractivity contribution is 0.393. The molecule has 0 saturated heterocycles. The molecule has 1 aliphatic rings. The molecule has 1 aliphatic heterocycles. The number of fused-ring (bicyclic) bond motifs is 1. The summed E-state index contributed by atoms with van der Waals surface area (Å²) >= 11 is 0. The third-order valence-electron chi connectivity index (χ3n) is 2.93. The highest BCUT2D eigenvalue weighted by Crippen LogP contribution is 2.30. The van der Waals surface area contributed by atoms with Crippen LogP contribution in [0, 0.1) is 13.8 Å². The molecule has 80 valence electrons. The van der Waals surface area contributed by atoms with E-state index in [0.717, 1.165) is 34.8 Å². The topological polar surface area (TPSA) is 38.4 Å². The summed E-state index contributed by atoms with van der Waals surface area (Å²) in [5.74, 6) is 0.851. The Bertz CT molecular complexity index is 562. The van der Waals surface area contributed by atoms with E-state index >= 15 is 0 Å². The zero-order valence-corrected chi connectivity index (χ0v) is 9.32. The average Bonchev–Trinajstić information content (AvgIpc) is 2.82. The molecule has 0 bridgehead atoms. The molecule has 3 heteroatoms. The molecule has 2 heterocycles. The molecule has 2 aromatic rings. The Labute approximate surface area is 93.8 Å². The number of hydrogen-bond acceptors (Lipinski definition) is 3. The summed E-state index contributed by atoms with van der Waals surface area (Å²) in [6, 6.07) is 8.22. The first-order valence-electron chi connectivity index (χ1n) is 5.34. The highest BCUT2D eigenvalue weighted by molar-refractivity contribution is 6.07. The zero-order valence-electron chi connectivity index (χ0n) is 9.32. The minimum absolute atomic E-state index is 0.851. The maximum absolute atomic E-state index is 5.18. The van der Waals surface area contributed by atoms with Crippen molar-refractivity contribution in [1.29, 1.82) is 0 Å². The van der Waals surface area contributed by atoms with Gasteiger partial charge in [0, 0.05) is 6.42 Å². The number of aliphatic imine (C=N–C) groups is 1. The fourth-order valence-electron chi connectivity index (χ4n) is 2.17. The van der Waals surface area contributed by atoms with Gasteiger partial charge in [0.05, 0.1) is 22.7 Å². The minimum atomic E-state index is 0.851. The summed E-state index contributed by atoms with van der Waals surface area (Å²) < 4.78 is 5.18. The number of hydrogen-bond donors (Lipinski definition) is 0. The molecule has 0 spiro atoms. The Morgan fingerprint density at radius 2 is 2.00 bits per heavy atom. The van der Waals surface area contributed by atoms with Crippen LogP contribution in [0.1, 0.15) is 22.6 Å². The van der Waals surface area contributed by atoms with E-state index in [1.165, 1.54) is 5.56 Å². The first-order chi connectivity index (χ1) is 7.75. The third kappa shape index (κ3) is 1.28. The van der Waals surface area contributed by atoms with Crippen molar-refractivity contribution in [3.63, 3.8) is 0 Å². The molecule has 3 nitrogen and oxygen atoms in total. The van der Waals surface area contributed by atoms with Gasteiger partial charge >= 0.3 is 0 Å². The van der Waals surface area contributed by atoms with Crippen LogP contribution in [0.15, 0.2) is 33.8 Å². The second kappa shape index (κ2) is 3.30. The number of benzene rings is 1.